The Kier molecular flexibility index (Phi) is 5.79. The number of hydrogen-bond donors (Lipinski definition) is 0. The van der Waals surface area contributed by atoms with Crippen LogP contribution in [0.1, 0.15) is 23.2 Å². The molecule has 0 radical (unpaired) electrons. The molecule has 5 nitrogen and oxygen atoms in total. The molecular formula is C19H20BrNO4S. The highest BCUT2D eigenvalue weighted by Gasteiger charge is 2.32. The lowest BCUT2D eigenvalue weighted by Gasteiger charge is -2.30. The fourth-order valence-electron chi connectivity index (χ4n) is 3.13. The minimum absolute atomic E-state index is 0.0622. The van der Waals surface area contributed by atoms with Crippen LogP contribution in [0, 0.1) is 5.92 Å². The largest absolute Gasteiger partial charge is 0.497 e. The summed E-state index contributed by atoms with van der Waals surface area (Å²) in [5.74, 6) is 0.612. The molecule has 138 valence electrons. The molecule has 1 saturated heterocycles. The second kappa shape index (κ2) is 7.90. The van der Waals surface area contributed by atoms with Gasteiger partial charge in [0.05, 0.1) is 12.0 Å². The van der Waals surface area contributed by atoms with Crippen LogP contribution in [0.3, 0.4) is 0 Å². The van der Waals surface area contributed by atoms with Gasteiger partial charge in [-0.25, -0.2) is 8.42 Å². The number of piperidine rings is 1. The number of benzene rings is 2. The molecule has 2 aromatic carbocycles. The van der Waals surface area contributed by atoms with Gasteiger partial charge in [0.1, 0.15) is 5.75 Å². The van der Waals surface area contributed by atoms with Crippen LogP contribution in [0.5, 0.6) is 5.75 Å². The van der Waals surface area contributed by atoms with Crippen molar-refractivity contribution in [3.63, 3.8) is 0 Å². The average molecular weight is 438 g/mol. The second-order valence-electron chi connectivity index (χ2n) is 6.23. The molecule has 0 amide bonds. The number of methoxy groups -OCH3 is 1. The molecule has 3 rings (SSSR count). The maximum absolute atomic E-state index is 12.8. The first-order valence-electron chi connectivity index (χ1n) is 8.36. The lowest BCUT2D eigenvalue weighted by molar-refractivity contribution is 0.0875. The van der Waals surface area contributed by atoms with Gasteiger partial charge in [0.25, 0.3) is 0 Å². The van der Waals surface area contributed by atoms with Gasteiger partial charge in [0.2, 0.25) is 10.0 Å². The van der Waals surface area contributed by atoms with Gasteiger partial charge < -0.3 is 4.74 Å². The molecule has 1 aliphatic heterocycles. The molecule has 7 heteroatoms. The Morgan fingerprint density at radius 3 is 2.35 bits per heavy atom. The molecule has 0 aromatic heterocycles. The summed E-state index contributed by atoms with van der Waals surface area (Å²) < 4.78 is 32.8. The third kappa shape index (κ3) is 4.00. The van der Waals surface area contributed by atoms with E-state index in [2.05, 4.69) is 15.9 Å². The number of rotatable bonds is 5. The van der Waals surface area contributed by atoms with Crippen molar-refractivity contribution in [2.75, 3.05) is 20.2 Å². The summed E-state index contributed by atoms with van der Waals surface area (Å²) in [4.78, 5) is 12.9. The van der Waals surface area contributed by atoms with E-state index in [1.165, 1.54) is 4.31 Å². The lowest BCUT2D eigenvalue weighted by atomic mass is 9.89. The van der Waals surface area contributed by atoms with E-state index in [1.54, 1.807) is 55.6 Å². The molecular weight excluding hydrogens is 418 g/mol. The standard InChI is InChI=1S/C19H20BrNO4S/c1-25-17-7-5-14(6-8-17)19(22)15-9-11-21(12-10-15)26(23,24)18-4-2-3-16(20)13-18/h2-8,13,15H,9-12H2,1H3. The van der Waals surface area contributed by atoms with Gasteiger partial charge in [-0.2, -0.15) is 4.31 Å². The first-order chi connectivity index (χ1) is 12.4. The molecule has 0 N–H and O–H groups in total. The first kappa shape index (κ1) is 19.1. The van der Waals surface area contributed by atoms with Gasteiger partial charge in [-0.15, -0.1) is 0 Å². The first-order valence-corrected chi connectivity index (χ1v) is 10.6. The van der Waals surface area contributed by atoms with Crippen molar-refractivity contribution >= 4 is 31.7 Å². The molecule has 0 saturated carbocycles. The number of sulfonamides is 1. The summed E-state index contributed by atoms with van der Waals surface area (Å²) in [5, 5.41) is 0. The van der Waals surface area contributed by atoms with E-state index in [4.69, 9.17) is 4.74 Å². The molecule has 0 atom stereocenters. The van der Waals surface area contributed by atoms with Crippen molar-refractivity contribution in [3.05, 3.63) is 58.6 Å². The minimum Gasteiger partial charge on any atom is -0.497 e. The van der Waals surface area contributed by atoms with Crippen LogP contribution in [0.2, 0.25) is 0 Å². The summed E-state index contributed by atoms with van der Waals surface area (Å²) in [7, 11) is -1.95. The monoisotopic (exact) mass is 437 g/mol. The normalized spacial score (nSPS) is 16.4. The molecule has 1 aliphatic rings. The van der Waals surface area contributed by atoms with E-state index in [-0.39, 0.29) is 16.6 Å². The molecule has 0 unspecified atom stereocenters. The van der Waals surface area contributed by atoms with E-state index in [1.807, 2.05) is 0 Å². The topological polar surface area (TPSA) is 63.7 Å². The quantitative estimate of drug-likeness (QED) is 0.668. The Morgan fingerprint density at radius 2 is 1.77 bits per heavy atom. The molecule has 0 aliphatic carbocycles. The van der Waals surface area contributed by atoms with E-state index in [9.17, 15) is 13.2 Å². The number of ether oxygens (including phenoxy) is 1. The van der Waals surface area contributed by atoms with E-state index < -0.39 is 10.0 Å². The van der Waals surface area contributed by atoms with Crippen molar-refractivity contribution < 1.29 is 17.9 Å². The molecule has 0 spiro atoms. The third-order valence-electron chi connectivity index (χ3n) is 4.63. The summed E-state index contributed by atoms with van der Waals surface area (Å²) in [5.41, 5.74) is 0.638. The number of carbonyl (C=O) groups is 1. The Morgan fingerprint density at radius 1 is 1.12 bits per heavy atom. The van der Waals surface area contributed by atoms with Crippen molar-refractivity contribution in [3.8, 4) is 5.75 Å². The predicted molar refractivity (Wildman–Crippen MR) is 103 cm³/mol. The van der Waals surface area contributed by atoms with Crippen molar-refractivity contribution in [2.24, 2.45) is 5.92 Å². The van der Waals surface area contributed by atoms with Crippen LogP contribution in [-0.2, 0) is 10.0 Å². The van der Waals surface area contributed by atoms with Gasteiger partial charge >= 0.3 is 0 Å². The highest BCUT2D eigenvalue weighted by Crippen LogP contribution is 2.27. The van der Waals surface area contributed by atoms with Crippen molar-refractivity contribution in [2.45, 2.75) is 17.7 Å². The zero-order chi connectivity index (χ0) is 18.7. The number of nitrogens with zero attached hydrogens (tertiary/aromatic N) is 1. The SMILES string of the molecule is COc1ccc(C(=O)C2CCN(S(=O)(=O)c3cccc(Br)c3)CC2)cc1. The van der Waals surface area contributed by atoms with E-state index in [0.29, 0.717) is 37.2 Å². The summed E-state index contributed by atoms with van der Waals surface area (Å²) in [6.45, 7) is 0.697. The number of hydrogen-bond acceptors (Lipinski definition) is 4. The van der Waals surface area contributed by atoms with Crippen molar-refractivity contribution in [1.82, 2.24) is 4.31 Å². The highest BCUT2D eigenvalue weighted by atomic mass is 79.9. The zero-order valence-electron chi connectivity index (χ0n) is 14.4. The number of Topliss-reactive ketones (excluding diaryl/α,β-unsaturated/α-hetero) is 1. The van der Waals surface area contributed by atoms with Gasteiger partial charge in [0.15, 0.2) is 5.78 Å². The van der Waals surface area contributed by atoms with E-state index >= 15 is 0 Å². The Labute approximate surface area is 162 Å². The van der Waals surface area contributed by atoms with E-state index in [0.717, 1.165) is 4.47 Å². The van der Waals surface area contributed by atoms with Gasteiger partial charge in [0, 0.05) is 29.0 Å². The minimum atomic E-state index is -3.53. The number of carbonyl (C=O) groups excluding carboxylic acids is 1. The molecule has 0 bridgehead atoms. The fourth-order valence-corrected chi connectivity index (χ4v) is 5.19. The van der Waals surface area contributed by atoms with Crippen LogP contribution in [0.15, 0.2) is 57.9 Å². The lowest BCUT2D eigenvalue weighted by Crippen LogP contribution is -2.40. The average Bonchev–Trinajstić information content (AvgIpc) is 2.67. The third-order valence-corrected chi connectivity index (χ3v) is 7.02. The molecule has 26 heavy (non-hydrogen) atoms. The van der Waals surface area contributed by atoms with Crippen molar-refractivity contribution in [1.29, 1.82) is 0 Å². The second-order valence-corrected chi connectivity index (χ2v) is 9.08. The molecule has 1 fully saturated rings. The summed E-state index contributed by atoms with van der Waals surface area (Å²) >= 11 is 3.31. The molecule has 2 aromatic rings. The summed E-state index contributed by atoms with van der Waals surface area (Å²) in [6.07, 6.45) is 1.05. The van der Waals surface area contributed by atoms with Gasteiger partial charge in [-0.3, -0.25) is 4.79 Å². The molecule has 1 heterocycles. The Hall–Kier alpha value is -1.70. The number of halogens is 1. The zero-order valence-corrected chi connectivity index (χ0v) is 16.8. The predicted octanol–water partition coefficient (Wildman–Crippen LogP) is 3.74. The van der Waals surface area contributed by atoms with Crippen LogP contribution >= 0.6 is 15.9 Å². The highest BCUT2D eigenvalue weighted by molar-refractivity contribution is 9.10. The Bertz CT molecular complexity index is 888. The summed E-state index contributed by atoms with van der Waals surface area (Å²) in [6, 6.07) is 13.7. The maximum Gasteiger partial charge on any atom is 0.243 e. The maximum atomic E-state index is 12.8. The number of ketones is 1. The smallest absolute Gasteiger partial charge is 0.243 e. The fraction of sp³-hybridized carbons (Fsp3) is 0.316. The van der Waals surface area contributed by atoms with Crippen LogP contribution in [0.25, 0.3) is 0 Å². The Balaban J connectivity index is 1.67. The van der Waals surface area contributed by atoms with Gasteiger partial charge in [-0.1, -0.05) is 22.0 Å². The van der Waals surface area contributed by atoms with Gasteiger partial charge in [-0.05, 0) is 55.3 Å². The van der Waals surface area contributed by atoms with Crippen LogP contribution in [-0.4, -0.2) is 38.7 Å². The van der Waals surface area contributed by atoms with Crippen LogP contribution in [0.4, 0.5) is 0 Å². The van der Waals surface area contributed by atoms with Crippen LogP contribution < -0.4 is 4.74 Å².